The molecule has 0 unspecified atom stereocenters. The van der Waals surface area contributed by atoms with Crippen LogP contribution in [0.5, 0.6) is 0 Å². The molecule has 0 spiro atoms. The van der Waals surface area contributed by atoms with Crippen LogP contribution in [0.4, 0.5) is 0 Å². The number of amides is 2. The van der Waals surface area contributed by atoms with Crippen LogP contribution in [-0.4, -0.2) is 37.9 Å². The van der Waals surface area contributed by atoms with E-state index in [1.54, 1.807) is 0 Å². The zero-order chi connectivity index (χ0) is 9.68. The Labute approximate surface area is 75.4 Å². The highest BCUT2D eigenvalue weighted by atomic mass is 16.7. The minimum absolute atomic E-state index is 0.192. The van der Waals surface area contributed by atoms with Crippen molar-refractivity contribution in [2.45, 2.75) is 12.7 Å². The minimum atomic E-state index is -0.895. The molecule has 1 heterocycles. The third-order valence-corrected chi connectivity index (χ3v) is 1.48. The second-order valence-corrected chi connectivity index (χ2v) is 2.61. The second-order valence-electron chi connectivity index (χ2n) is 2.61. The summed E-state index contributed by atoms with van der Waals surface area (Å²) in [7, 11) is 0. The van der Waals surface area contributed by atoms with Crippen molar-refractivity contribution in [1.82, 2.24) is 5.32 Å². The lowest BCUT2D eigenvalue weighted by molar-refractivity contribution is -0.190. The van der Waals surface area contributed by atoms with Crippen molar-refractivity contribution in [2.24, 2.45) is 5.73 Å². The number of hydrogen-bond donors (Lipinski definition) is 2. The molecule has 0 aromatic heterocycles. The van der Waals surface area contributed by atoms with E-state index in [2.05, 4.69) is 5.32 Å². The van der Waals surface area contributed by atoms with Gasteiger partial charge in [0.2, 0.25) is 12.2 Å². The normalized spacial score (nSPS) is 18.2. The minimum Gasteiger partial charge on any atom is -0.368 e. The Balaban J connectivity index is 2.25. The molecule has 1 rings (SSSR count). The predicted molar refractivity (Wildman–Crippen MR) is 42.5 cm³/mol. The van der Waals surface area contributed by atoms with Gasteiger partial charge in [0.05, 0.1) is 19.8 Å². The summed E-state index contributed by atoms with van der Waals surface area (Å²) in [6.45, 7) is 0.797. The van der Waals surface area contributed by atoms with E-state index in [4.69, 9.17) is 15.2 Å². The Hall–Kier alpha value is -1.14. The zero-order valence-electron chi connectivity index (χ0n) is 7.12. The topological polar surface area (TPSA) is 90.7 Å². The first-order valence-corrected chi connectivity index (χ1v) is 3.99. The van der Waals surface area contributed by atoms with Crippen LogP contribution in [0.25, 0.3) is 0 Å². The molecule has 1 saturated heterocycles. The van der Waals surface area contributed by atoms with Crippen LogP contribution in [0.15, 0.2) is 0 Å². The lowest BCUT2D eigenvalue weighted by Crippen LogP contribution is -2.43. The third-order valence-electron chi connectivity index (χ3n) is 1.48. The number of ether oxygens (including phenoxy) is 2. The molecular weight excluding hydrogens is 176 g/mol. The highest BCUT2D eigenvalue weighted by Crippen LogP contribution is 2.03. The molecule has 3 N–H and O–H groups in total. The average Bonchev–Trinajstić information content (AvgIpc) is 2.15. The van der Waals surface area contributed by atoms with Crippen molar-refractivity contribution in [1.29, 1.82) is 0 Å². The van der Waals surface area contributed by atoms with Crippen LogP contribution >= 0.6 is 0 Å². The number of carbonyl (C=O) groups excluding carboxylic acids is 2. The Kier molecular flexibility index (Phi) is 3.66. The standard InChI is InChI=1S/C7H12N2O4/c8-5(10)4-9-6(11)7-12-2-1-3-13-7/h7H,1-4H2,(H2,8,10)(H,9,11). The SMILES string of the molecule is NC(=O)CNC(=O)C1OCCCO1. The molecule has 0 saturated carbocycles. The van der Waals surface area contributed by atoms with Gasteiger partial charge in [0.1, 0.15) is 0 Å². The van der Waals surface area contributed by atoms with Crippen LogP contribution in [0.2, 0.25) is 0 Å². The van der Waals surface area contributed by atoms with E-state index in [1.807, 2.05) is 0 Å². The van der Waals surface area contributed by atoms with Gasteiger partial charge in [-0.3, -0.25) is 9.59 Å². The van der Waals surface area contributed by atoms with E-state index in [-0.39, 0.29) is 6.54 Å². The van der Waals surface area contributed by atoms with E-state index in [0.29, 0.717) is 13.2 Å². The molecule has 0 radical (unpaired) electrons. The number of nitrogens with two attached hydrogens (primary N) is 1. The molecule has 6 heteroatoms. The van der Waals surface area contributed by atoms with E-state index < -0.39 is 18.1 Å². The molecule has 0 aromatic carbocycles. The zero-order valence-corrected chi connectivity index (χ0v) is 7.12. The first kappa shape index (κ1) is 9.94. The summed E-state index contributed by atoms with van der Waals surface area (Å²) in [6.07, 6.45) is -0.118. The lowest BCUT2D eigenvalue weighted by Gasteiger charge is -2.21. The number of primary amides is 1. The fourth-order valence-corrected chi connectivity index (χ4v) is 0.897. The fourth-order valence-electron chi connectivity index (χ4n) is 0.897. The van der Waals surface area contributed by atoms with Crippen LogP contribution < -0.4 is 11.1 Å². The molecule has 0 aliphatic carbocycles. The Morgan fingerprint density at radius 3 is 2.54 bits per heavy atom. The summed E-state index contributed by atoms with van der Waals surface area (Å²) in [5.41, 5.74) is 4.83. The smallest absolute Gasteiger partial charge is 0.277 e. The molecule has 0 aromatic rings. The van der Waals surface area contributed by atoms with Crippen molar-refractivity contribution in [2.75, 3.05) is 19.8 Å². The second kappa shape index (κ2) is 4.78. The van der Waals surface area contributed by atoms with Crippen LogP contribution in [0.1, 0.15) is 6.42 Å². The van der Waals surface area contributed by atoms with Gasteiger partial charge in [0, 0.05) is 0 Å². The maximum atomic E-state index is 11.1. The average molecular weight is 188 g/mol. The van der Waals surface area contributed by atoms with Gasteiger partial charge in [-0.05, 0) is 6.42 Å². The number of nitrogens with one attached hydrogen (secondary N) is 1. The molecule has 6 nitrogen and oxygen atoms in total. The molecule has 1 fully saturated rings. The Bertz CT molecular complexity index is 201. The van der Waals surface area contributed by atoms with Gasteiger partial charge in [-0.15, -0.1) is 0 Å². The fraction of sp³-hybridized carbons (Fsp3) is 0.714. The van der Waals surface area contributed by atoms with Gasteiger partial charge in [0.25, 0.3) is 5.91 Å². The van der Waals surface area contributed by atoms with Crippen LogP contribution in [0.3, 0.4) is 0 Å². The molecule has 1 aliphatic rings. The van der Waals surface area contributed by atoms with Crippen LogP contribution in [0, 0.1) is 0 Å². The van der Waals surface area contributed by atoms with E-state index in [9.17, 15) is 9.59 Å². The molecular formula is C7H12N2O4. The number of carbonyl (C=O) groups is 2. The molecule has 74 valence electrons. The van der Waals surface area contributed by atoms with Crippen molar-refractivity contribution in [3.05, 3.63) is 0 Å². The highest BCUT2D eigenvalue weighted by Gasteiger charge is 2.22. The Morgan fingerprint density at radius 1 is 1.38 bits per heavy atom. The summed E-state index contributed by atoms with van der Waals surface area (Å²) >= 11 is 0. The molecule has 2 amide bonds. The van der Waals surface area contributed by atoms with Gasteiger partial charge in [-0.1, -0.05) is 0 Å². The summed E-state index contributed by atoms with van der Waals surface area (Å²) in [6, 6.07) is 0. The largest absolute Gasteiger partial charge is 0.368 e. The summed E-state index contributed by atoms with van der Waals surface area (Å²) < 4.78 is 9.97. The maximum Gasteiger partial charge on any atom is 0.277 e. The molecule has 0 atom stereocenters. The monoisotopic (exact) mass is 188 g/mol. The van der Waals surface area contributed by atoms with Crippen molar-refractivity contribution in [3.8, 4) is 0 Å². The van der Waals surface area contributed by atoms with Gasteiger partial charge in [-0.25, -0.2) is 0 Å². The Morgan fingerprint density at radius 2 is 2.00 bits per heavy atom. The summed E-state index contributed by atoms with van der Waals surface area (Å²) in [5.74, 6) is -1.05. The van der Waals surface area contributed by atoms with E-state index >= 15 is 0 Å². The predicted octanol–water partition coefficient (Wildman–Crippen LogP) is -1.65. The first-order chi connectivity index (χ1) is 6.20. The maximum absolute atomic E-state index is 11.1. The van der Waals surface area contributed by atoms with Gasteiger partial charge >= 0.3 is 0 Å². The third kappa shape index (κ3) is 3.39. The number of rotatable bonds is 3. The molecule has 0 bridgehead atoms. The highest BCUT2D eigenvalue weighted by molar-refractivity contribution is 5.85. The van der Waals surface area contributed by atoms with Gasteiger partial charge in [-0.2, -0.15) is 0 Å². The molecule has 1 aliphatic heterocycles. The summed E-state index contributed by atoms with van der Waals surface area (Å²) in [5, 5.41) is 2.29. The van der Waals surface area contributed by atoms with Crippen molar-refractivity contribution in [3.63, 3.8) is 0 Å². The van der Waals surface area contributed by atoms with Crippen LogP contribution in [-0.2, 0) is 19.1 Å². The van der Waals surface area contributed by atoms with E-state index in [0.717, 1.165) is 6.42 Å². The van der Waals surface area contributed by atoms with Crippen molar-refractivity contribution < 1.29 is 19.1 Å². The summed E-state index contributed by atoms with van der Waals surface area (Å²) in [4.78, 5) is 21.4. The quantitative estimate of drug-likeness (QED) is 0.555. The van der Waals surface area contributed by atoms with Crippen molar-refractivity contribution >= 4 is 11.8 Å². The van der Waals surface area contributed by atoms with E-state index in [1.165, 1.54) is 0 Å². The van der Waals surface area contributed by atoms with Gasteiger partial charge in [0.15, 0.2) is 0 Å². The lowest BCUT2D eigenvalue weighted by atomic mass is 10.4. The number of hydrogen-bond acceptors (Lipinski definition) is 4. The molecule has 13 heavy (non-hydrogen) atoms. The van der Waals surface area contributed by atoms with Gasteiger partial charge < -0.3 is 20.5 Å². The first-order valence-electron chi connectivity index (χ1n) is 3.99.